The molecule has 2 aliphatic rings. The van der Waals surface area contributed by atoms with E-state index in [4.69, 9.17) is 15.2 Å². The van der Waals surface area contributed by atoms with E-state index in [0.29, 0.717) is 58.1 Å². The van der Waals surface area contributed by atoms with E-state index >= 15 is 0 Å². The number of rotatable bonds is 22. The van der Waals surface area contributed by atoms with Crippen LogP contribution in [0.4, 0.5) is 0 Å². The van der Waals surface area contributed by atoms with Gasteiger partial charge in [-0.2, -0.15) is 0 Å². The van der Waals surface area contributed by atoms with Crippen LogP contribution in [0.2, 0.25) is 0 Å². The van der Waals surface area contributed by atoms with Gasteiger partial charge in [-0.3, -0.25) is 29.7 Å². The minimum Gasteiger partial charge on any atom is -0.449 e. The van der Waals surface area contributed by atoms with Crippen molar-refractivity contribution in [3.63, 3.8) is 0 Å². The highest BCUT2D eigenvalue weighted by molar-refractivity contribution is 5.78. The summed E-state index contributed by atoms with van der Waals surface area (Å²) in [7, 11) is 0. The van der Waals surface area contributed by atoms with Gasteiger partial charge in [-0.05, 0) is 56.8 Å². The molecule has 0 aromatic carbocycles. The molecule has 41 heavy (non-hydrogen) atoms. The molecule has 11 heteroatoms. The second kappa shape index (κ2) is 21.3. The van der Waals surface area contributed by atoms with Crippen LogP contribution in [-0.4, -0.2) is 106 Å². The zero-order valence-corrected chi connectivity index (χ0v) is 25.1. The van der Waals surface area contributed by atoms with Crippen LogP contribution in [0.15, 0.2) is 12.2 Å². The van der Waals surface area contributed by atoms with Gasteiger partial charge in [-0.1, -0.05) is 44.8 Å². The fourth-order valence-corrected chi connectivity index (χ4v) is 5.83. The molecule has 1 saturated carbocycles. The standard InChI is InChI=1S/C30H55N3O8/c1-2-3-4-5-8-12-25(34)15-16-27-26(28(35)23-29(27)36)13-9-6-7-10-14-30(37)40-24-32-20-18-31(19-21-32)17-11-22-41-33(38)39/h6,9,26-29,35-36,38-39H,2-5,7-8,10-24H2,1H3/b9-6-/t26-,27-,28+,29-/m1/s1. The Morgan fingerprint density at radius 2 is 1.56 bits per heavy atom. The van der Waals surface area contributed by atoms with Crippen LogP contribution < -0.4 is 0 Å². The summed E-state index contributed by atoms with van der Waals surface area (Å²) in [6, 6.07) is 0. The lowest BCUT2D eigenvalue weighted by Crippen LogP contribution is -2.47. The zero-order chi connectivity index (χ0) is 29.9. The van der Waals surface area contributed by atoms with Crippen LogP contribution in [0.5, 0.6) is 0 Å². The summed E-state index contributed by atoms with van der Waals surface area (Å²) in [6.45, 7) is 6.82. The lowest BCUT2D eigenvalue weighted by atomic mass is 9.86. The van der Waals surface area contributed by atoms with Crippen LogP contribution in [0.3, 0.4) is 0 Å². The molecule has 4 N–H and O–H groups in total. The average Bonchev–Trinajstić information content (AvgIpc) is 3.22. The van der Waals surface area contributed by atoms with Gasteiger partial charge in [0.1, 0.15) is 12.5 Å². The number of nitrogens with zero attached hydrogens (tertiary/aromatic N) is 3. The molecule has 11 nitrogen and oxygen atoms in total. The van der Waals surface area contributed by atoms with Gasteiger partial charge in [0.15, 0.2) is 0 Å². The third-order valence-corrected chi connectivity index (χ3v) is 8.36. The first-order chi connectivity index (χ1) is 19.8. The van der Waals surface area contributed by atoms with E-state index in [9.17, 15) is 19.8 Å². The van der Waals surface area contributed by atoms with Crippen molar-refractivity contribution < 1.29 is 39.8 Å². The molecule has 2 fully saturated rings. The predicted octanol–water partition coefficient (Wildman–Crippen LogP) is 3.69. The Labute approximate surface area is 245 Å². The molecule has 1 saturated heterocycles. The number of hydrogen-bond donors (Lipinski definition) is 4. The van der Waals surface area contributed by atoms with Crippen molar-refractivity contribution >= 4 is 11.8 Å². The van der Waals surface area contributed by atoms with Gasteiger partial charge in [0, 0.05) is 52.0 Å². The highest BCUT2D eigenvalue weighted by atomic mass is 17.1. The average molecular weight is 586 g/mol. The van der Waals surface area contributed by atoms with Crippen molar-refractivity contribution in [1.82, 2.24) is 15.2 Å². The van der Waals surface area contributed by atoms with E-state index in [1.807, 2.05) is 12.2 Å². The van der Waals surface area contributed by atoms with E-state index in [0.717, 1.165) is 52.0 Å². The molecule has 0 aromatic heterocycles. The van der Waals surface area contributed by atoms with Crippen molar-refractivity contribution in [2.24, 2.45) is 11.8 Å². The smallest absolute Gasteiger partial charge is 0.307 e. The Hall–Kier alpha value is -1.44. The minimum absolute atomic E-state index is 0.0381. The Bertz CT molecular complexity index is 745. The fraction of sp³-hybridized carbons (Fsp3) is 0.867. The lowest BCUT2D eigenvalue weighted by Gasteiger charge is -2.34. The van der Waals surface area contributed by atoms with Crippen molar-refractivity contribution in [1.29, 1.82) is 0 Å². The molecule has 0 amide bonds. The van der Waals surface area contributed by atoms with Gasteiger partial charge in [-0.25, -0.2) is 0 Å². The zero-order valence-electron chi connectivity index (χ0n) is 25.1. The van der Waals surface area contributed by atoms with Crippen LogP contribution in [0.1, 0.15) is 96.8 Å². The lowest BCUT2D eigenvalue weighted by molar-refractivity contribution is -0.492. The number of carbonyl (C=O) groups excluding carboxylic acids is 2. The van der Waals surface area contributed by atoms with Crippen LogP contribution >= 0.6 is 0 Å². The summed E-state index contributed by atoms with van der Waals surface area (Å²) in [5.41, 5.74) is 0. The van der Waals surface area contributed by atoms with Crippen molar-refractivity contribution in [2.75, 3.05) is 46.1 Å². The number of aliphatic hydroxyl groups excluding tert-OH is 2. The number of Topliss-reactive ketones (excluding diaryl/α,β-unsaturated/α-hetero) is 1. The maximum atomic E-state index is 12.3. The van der Waals surface area contributed by atoms with Gasteiger partial charge in [0.25, 0.3) is 0 Å². The molecular formula is C30H55N3O8. The highest BCUT2D eigenvalue weighted by Crippen LogP contribution is 2.38. The van der Waals surface area contributed by atoms with E-state index in [-0.39, 0.29) is 35.6 Å². The first-order valence-electron chi connectivity index (χ1n) is 15.7. The number of esters is 1. The maximum absolute atomic E-state index is 12.3. The van der Waals surface area contributed by atoms with Gasteiger partial charge >= 0.3 is 5.97 Å². The minimum atomic E-state index is -0.557. The number of unbranched alkanes of at least 4 members (excludes halogenated alkanes) is 5. The van der Waals surface area contributed by atoms with Gasteiger partial charge in [0.2, 0.25) is 0 Å². The molecule has 0 bridgehead atoms. The Morgan fingerprint density at radius 1 is 0.854 bits per heavy atom. The van der Waals surface area contributed by atoms with Gasteiger partial charge in [-0.15, -0.1) is 0 Å². The van der Waals surface area contributed by atoms with Crippen LogP contribution in [0.25, 0.3) is 0 Å². The molecule has 0 spiro atoms. The summed E-state index contributed by atoms with van der Waals surface area (Å²) in [5, 5.41) is 37.7. The summed E-state index contributed by atoms with van der Waals surface area (Å²) in [6.07, 6.45) is 13.8. The summed E-state index contributed by atoms with van der Waals surface area (Å²) >= 11 is 0. The van der Waals surface area contributed by atoms with Gasteiger partial charge < -0.3 is 19.8 Å². The topological polar surface area (TPSA) is 143 Å². The molecule has 0 aromatic rings. The third-order valence-electron chi connectivity index (χ3n) is 8.36. The molecule has 1 aliphatic heterocycles. The number of allylic oxidation sites excluding steroid dienone is 2. The number of ketones is 1. The molecule has 0 radical (unpaired) electrons. The van der Waals surface area contributed by atoms with E-state index in [1.165, 1.54) is 19.3 Å². The van der Waals surface area contributed by atoms with Crippen molar-refractivity contribution in [3.8, 4) is 0 Å². The Kier molecular flexibility index (Phi) is 18.6. The number of carbonyl (C=O) groups is 2. The van der Waals surface area contributed by atoms with Crippen molar-refractivity contribution in [3.05, 3.63) is 12.2 Å². The quantitative estimate of drug-likeness (QED) is 0.0639. The second-order valence-corrected chi connectivity index (χ2v) is 11.6. The van der Waals surface area contributed by atoms with Crippen LogP contribution in [0, 0.1) is 11.8 Å². The summed E-state index contributed by atoms with van der Waals surface area (Å²) in [5.74, 6) is -0.0351. The Balaban J connectivity index is 1.54. The molecule has 1 heterocycles. The number of aliphatic hydroxyl groups is 2. The van der Waals surface area contributed by atoms with E-state index in [1.54, 1.807) is 0 Å². The molecule has 1 aliphatic carbocycles. The number of ether oxygens (including phenoxy) is 1. The monoisotopic (exact) mass is 585 g/mol. The SMILES string of the molecule is CCCCCCCC(=O)CC[C@@H]1[C@@H](C/C=C\CCCC(=O)OCN2CCN(CCCON(O)O)CC2)[C@@H](O)C[C@H]1O. The second-order valence-electron chi connectivity index (χ2n) is 11.6. The molecule has 238 valence electrons. The molecule has 2 rings (SSSR count). The number of piperazine rings is 1. The fourth-order valence-electron chi connectivity index (χ4n) is 5.83. The Morgan fingerprint density at radius 3 is 2.29 bits per heavy atom. The normalized spacial score (nSPS) is 24.0. The van der Waals surface area contributed by atoms with E-state index < -0.39 is 12.2 Å². The molecule has 0 unspecified atom stereocenters. The molecular weight excluding hydrogens is 530 g/mol. The first-order valence-corrected chi connectivity index (χ1v) is 15.7. The summed E-state index contributed by atoms with van der Waals surface area (Å²) < 4.78 is 5.43. The first kappa shape index (κ1) is 35.8. The third kappa shape index (κ3) is 15.6. The largest absolute Gasteiger partial charge is 0.449 e. The van der Waals surface area contributed by atoms with Gasteiger partial charge in [0.05, 0.1) is 24.2 Å². The molecule has 4 atom stereocenters. The summed E-state index contributed by atoms with van der Waals surface area (Å²) in [4.78, 5) is 33.4. The maximum Gasteiger partial charge on any atom is 0.307 e. The van der Waals surface area contributed by atoms with Crippen LogP contribution in [-0.2, 0) is 19.2 Å². The number of hydrogen-bond acceptors (Lipinski definition) is 11. The van der Waals surface area contributed by atoms with Crippen molar-refractivity contribution in [2.45, 2.75) is 109 Å². The van der Waals surface area contributed by atoms with E-state index in [2.05, 4.69) is 21.6 Å². The predicted molar refractivity (Wildman–Crippen MR) is 154 cm³/mol. The highest BCUT2D eigenvalue weighted by Gasteiger charge is 2.40.